The normalized spacial score (nSPS) is 24.7. The summed E-state index contributed by atoms with van der Waals surface area (Å²) in [7, 11) is -3.86. The third kappa shape index (κ3) is 4.97. The second kappa shape index (κ2) is 7.55. The number of carbonyl (C=O) groups excluding carboxylic acids is 2. The Morgan fingerprint density at radius 2 is 1.86 bits per heavy atom. The molecule has 1 N–H and O–H groups in total. The van der Waals surface area contributed by atoms with Gasteiger partial charge >= 0.3 is 6.09 Å². The van der Waals surface area contributed by atoms with E-state index in [1.807, 2.05) is 12.1 Å². The van der Waals surface area contributed by atoms with Crippen LogP contribution >= 0.6 is 11.6 Å². The molecule has 7 nitrogen and oxygen atoms in total. The van der Waals surface area contributed by atoms with Crippen LogP contribution in [0.5, 0.6) is 0 Å². The van der Waals surface area contributed by atoms with Gasteiger partial charge in [-0.2, -0.15) is 0 Å². The molecular weight excluding hydrogens is 404 g/mol. The molecule has 2 amide bonds. The molecule has 3 rings (SSSR count). The minimum atomic E-state index is -3.86. The number of nitrogens with one attached hydrogen (secondary N) is 1. The number of carbonyl (C=O) groups is 2. The monoisotopic (exact) mass is 428 g/mol. The Kier molecular flexibility index (Phi) is 5.64. The predicted octanol–water partition coefficient (Wildman–Crippen LogP) is 2.90. The number of benzene rings is 1. The van der Waals surface area contributed by atoms with E-state index in [9.17, 15) is 18.0 Å². The Morgan fingerprint density at radius 1 is 1.21 bits per heavy atom. The molecule has 0 unspecified atom stereocenters. The van der Waals surface area contributed by atoms with E-state index in [-0.39, 0.29) is 31.3 Å². The third-order valence-corrected chi connectivity index (χ3v) is 6.90. The number of hydrogen-bond donors (Lipinski definition) is 1. The first kappa shape index (κ1) is 20.9. The van der Waals surface area contributed by atoms with Crippen LogP contribution in [0, 0.1) is 5.92 Å². The summed E-state index contributed by atoms with van der Waals surface area (Å²) in [5, 5.41) is -0.208. The van der Waals surface area contributed by atoms with Crippen LogP contribution in [-0.4, -0.2) is 49.3 Å². The van der Waals surface area contributed by atoms with E-state index in [1.54, 1.807) is 32.9 Å². The summed E-state index contributed by atoms with van der Waals surface area (Å²) in [6.07, 6.45) is 0.340. The first-order valence-corrected chi connectivity index (χ1v) is 11.2. The maximum atomic E-state index is 12.6. The van der Waals surface area contributed by atoms with Gasteiger partial charge in [0.2, 0.25) is 15.9 Å². The van der Waals surface area contributed by atoms with Crippen molar-refractivity contribution in [1.82, 2.24) is 9.62 Å². The molecule has 3 atom stereocenters. The van der Waals surface area contributed by atoms with E-state index < -0.39 is 32.9 Å². The maximum Gasteiger partial charge on any atom is 0.410 e. The fourth-order valence-corrected chi connectivity index (χ4v) is 4.85. The molecule has 0 aromatic heterocycles. The molecule has 2 aliphatic rings. The van der Waals surface area contributed by atoms with Gasteiger partial charge in [-0.05, 0) is 57.2 Å². The van der Waals surface area contributed by atoms with Gasteiger partial charge in [0, 0.05) is 24.0 Å². The molecule has 9 heteroatoms. The summed E-state index contributed by atoms with van der Waals surface area (Å²) in [4.78, 5) is 25.9. The van der Waals surface area contributed by atoms with E-state index in [4.69, 9.17) is 16.3 Å². The Bertz CT molecular complexity index is 863. The zero-order valence-electron chi connectivity index (χ0n) is 16.1. The van der Waals surface area contributed by atoms with Crippen LogP contribution < -0.4 is 4.72 Å². The van der Waals surface area contributed by atoms with E-state index >= 15 is 0 Å². The van der Waals surface area contributed by atoms with Gasteiger partial charge in [-0.1, -0.05) is 23.7 Å². The molecule has 1 heterocycles. The van der Waals surface area contributed by atoms with Crippen molar-refractivity contribution in [1.29, 1.82) is 0 Å². The van der Waals surface area contributed by atoms with Crippen molar-refractivity contribution in [3.05, 3.63) is 34.9 Å². The number of nitrogens with zero attached hydrogens (tertiary/aromatic N) is 1. The van der Waals surface area contributed by atoms with Crippen molar-refractivity contribution >= 4 is 33.6 Å². The van der Waals surface area contributed by atoms with Crippen molar-refractivity contribution in [2.75, 3.05) is 13.1 Å². The molecule has 0 bridgehead atoms. The van der Waals surface area contributed by atoms with Gasteiger partial charge in [0.1, 0.15) is 5.60 Å². The number of halogens is 1. The zero-order valence-corrected chi connectivity index (χ0v) is 17.7. The summed E-state index contributed by atoms with van der Waals surface area (Å²) < 4.78 is 32.7. The van der Waals surface area contributed by atoms with Gasteiger partial charge in [0.05, 0.1) is 5.25 Å². The van der Waals surface area contributed by atoms with Crippen LogP contribution in [-0.2, 0) is 19.6 Å². The van der Waals surface area contributed by atoms with Crippen molar-refractivity contribution in [2.24, 2.45) is 5.92 Å². The Hall–Kier alpha value is -1.80. The average molecular weight is 429 g/mol. The molecule has 0 spiro atoms. The van der Waals surface area contributed by atoms with Crippen LogP contribution in [0.25, 0.3) is 0 Å². The standard InChI is InChI=1S/C19H25ClN2O5S/c1-19(2,3)27-18(24)22-9-8-14(11-22)28(25,26)21-17(23)16-10-15(16)12-4-6-13(20)7-5-12/h4-7,14-16H,8-11H2,1-3H3,(H,21,23)/t14-,15+,16+/m0/s1. The van der Waals surface area contributed by atoms with Gasteiger partial charge in [-0.25, -0.2) is 13.2 Å². The summed E-state index contributed by atoms with van der Waals surface area (Å²) >= 11 is 5.87. The Labute approximate surface area is 170 Å². The van der Waals surface area contributed by atoms with Crippen LogP contribution in [0.1, 0.15) is 45.1 Å². The highest BCUT2D eigenvalue weighted by Crippen LogP contribution is 2.47. The minimum Gasteiger partial charge on any atom is -0.444 e. The highest BCUT2D eigenvalue weighted by molar-refractivity contribution is 7.90. The van der Waals surface area contributed by atoms with Crippen molar-refractivity contribution in [3.8, 4) is 0 Å². The maximum absolute atomic E-state index is 12.6. The molecule has 1 aromatic carbocycles. The number of sulfonamides is 1. The quantitative estimate of drug-likeness (QED) is 0.795. The predicted molar refractivity (Wildman–Crippen MR) is 106 cm³/mol. The van der Waals surface area contributed by atoms with Crippen molar-refractivity contribution in [3.63, 3.8) is 0 Å². The van der Waals surface area contributed by atoms with Crippen LogP contribution in [0.4, 0.5) is 4.79 Å². The smallest absolute Gasteiger partial charge is 0.410 e. The summed E-state index contributed by atoms with van der Waals surface area (Å²) in [6, 6.07) is 7.21. The second-order valence-corrected chi connectivity index (χ2v) is 10.7. The summed E-state index contributed by atoms with van der Waals surface area (Å²) in [5.74, 6) is -0.843. The first-order chi connectivity index (χ1) is 13.0. The fourth-order valence-electron chi connectivity index (χ4n) is 3.34. The minimum absolute atomic E-state index is 0.00862. The highest BCUT2D eigenvalue weighted by Gasteiger charge is 2.46. The summed E-state index contributed by atoms with van der Waals surface area (Å²) in [5.41, 5.74) is 0.323. The molecule has 1 saturated carbocycles. The number of amides is 2. The number of hydrogen-bond acceptors (Lipinski definition) is 5. The lowest BCUT2D eigenvalue weighted by Gasteiger charge is -2.24. The molecule has 2 fully saturated rings. The Balaban J connectivity index is 1.55. The molecule has 1 aliphatic heterocycles. The van der Waals surface area contributed by atoms with Crippen LogP contribution in [0.2, 0.25) is 5.02 Å². The lowest BCUT2D eigenvalue weighted by molar-refractivity contribution is -0.120. The van der Waals surface area contributed by atoms with Gasteiger partial charge in [0.25, 0.3) is 0 Å². The largest absolute Gasteiger partial charge is 0.444 e. The van der Waals surface area contributed by atoms with E-state index in [0.29, 0.717) is 11.4 Å². The number of likely N-dealkylation sites (tertiary alicyclic amines) is 1. The number of rotatable bonds is 4. The second-order valence-electron chi connectivity index (χ2n) is 8.35. The van der Waals surface area contributed by atoms with Gasteiger partial charge in [-0.15, -0.1) is 0 Å². The molecule has 0 radical (unpaired) electrons. The Morgan fingerprint density at radius 3 is 2.46 bits per heavy atom. The molecule has 1 saturated heterocycles. The van der Waals surface area contributed by atoms with Gasteiger partial charge in [-0.3, -0.25) is 9.52 Å². The lowest BCUT2D eigenvalue weighted by Crippen LogP contribution is -2.42. The third-order valence-electron chi connectivity index (χ3n) is 4.90. The van der Waals surface area contributed by atoms with Gasteiger partial charge in [0.15, 0.2) is 0 Å². The average Bonchev–Trinajstić information content (AvgIpc) is 3.20. The lowest BCUT2D eigenvalue weighted by atomic mass is 10.1. The van der Waals surface area contributed by atoms with Crippen LogP contribution in [0.3, 0.4) is 0 Å². The van der Waals surface area contributed by atoms with E-state index in [0.717, 1.165) is 5.56 Å². The zero-order chi connectivity index (χ0) is 20.7. The summed E-state index contributed by atoms with van der Waals surface area (Å²) in [6.45, 7) is 5.56. The number of ether oxygens (including phenoxy) is 1. The van der Waals surface area contributed by atoms with Crippen molar-refractivity contribution in [2.45, 2.75) is 50.4 Å². The molecule has 1 aromatic rings. The molecule has 154 valence electrons. The van der Waals surface area contributed by atoms with E-state index in [1.165, 1.54) is 4.90 Å². The van der Waals surface area contributed by atoms with E-state index in [2.05, 4.69) is 4.72 Å². The first-order valence-electron chi connectivity index (χ1n) is 9.25. The molecule has 28 heavy (non-hydrogen) atoms. The van der Waals surface area contributed by atoms with Gasteiger partial charge < -0.3 is 9.64 Å². The topological polar surface area (TPSA) is 92.8 Å². The highest BCUT2D eigenvalue weighted by atomic mass is 35.5. The van der Waals surface area contributed by atoms with Crippen molar-refractivity contribution < 1.29 is 22.7 Å². The molecular formula is C19H25ClN2O5S. The molecule has 1 aliphatic carbocycles. The SMILES string of the molecule is CC(C)(C)OC(=O)N1CC[C@H](S(=O)(=O)NC(=O)[C@@H]2C[C@@H]2c2ccc(Cl)cc2)C1. The van der Waals surface area contributed by atoms with Crippen LogP contribution in [0.15, 0.2) is 24.3 Å². The fraction of sp³-hybridized carbons (Fsp3) is 0.579.